The van der Waals surface area contributed by atoms with E-state index in [4.69, 9.17) is 9.47 Å². The highest BCUT2D eigenvalue weighted by atomic mass is 16.5. The molecule has 1 aromatic carbocycles. The van der Waals surface area contributed by atoms with Gasteiger partial charge in [-0.1, -0.05) is 25.1 Å². The molecule has 0 heterocycles. The van der Waals surface area contributed by atoms with Gasteiger partial charge in [-0.25, -0.2) is 0 Å². The van der Waals surface area contributed by atoms with Crippen LogP contribution < -0.4 is 4.74 Å². The van der Waals surface area contributed by atoms with Crippen molar-refractivity contribution in [2.45, 2.75) is 50.7 Å². The first-order valence-corrected chi connectivity index (χ1v) is 7.17. The van der Waals surface area contributed by atoms with E-state index in [2.05, 4.69) is 6.92 Å². The first-order valence-electron chi connectivity index (χ1n) is 7.17. The predicted octanol–water partition coefficient (Wildman–Crippen LogP) is 3.25. The third-order valence-electron chi connectivity index (χ3n) is 3.94. The number of hydrogen-bond acceptors (Lipinski definition) is 3. The molecule has 0 spiro atoms. The molecule has 1 aliphatic rings. The van der Waals surface area contributed by atoms with E-state index in [1.54, 1.807) is 7.11 Å². The van der Waals surface area contributed by atoms with Gasteiger partial charge in [0.2, 0.25) is 0 Å². The van der Waals surface area contributed by atoms with E-state index in [-0.39, 0.29) is 6.10 Å². The number of hydrogen-bond donors (Lipinski definition) is 1. The zero-order valence-electron chi connectivity index (χ0n) is 11.9. The van der Waals surface area contributed by atoms with E-state index >= 15 is 0 Å². The summed E-state index contributed by atoms with van der Waals surface area (Å²) in [7, 11) is 1.74. The molecule has 0 radical (unpaired) electrons. The number of ether oxygens (including phenoxy) is 2. The van der Waals surface area contributed by atoms with Gasteiger partial charge in [0.05, 0.1) is 18.3 Å². The molecule has 0 bridgehead atoms. The van der Waals surface area contributed by atoms with Crippen molar-refractivity contribution in [2.24, 2.45) is 0 Å². The van der Waals surface area contributed by atoms with Gasteiger partial charge in [0, 0.05) is 12.7 Å². The Hall–Kier alpha value is -1.06. The Bertz CT molecular complexity index is 395. The molecule has 1 N–H and O–H groups in total. The van der Waals surface area contributed by atoms with E-state index in [1.165, 1.54) is 0 Å². The predicted molar refractivity (Wildman–Crippen MR) is 75.4 cm³/mol. The van der Waals surface area contributed by atoms with Gasteiger partial charge in [0.25, 0.3) is 0 Å². The molecule has 1 saturated carbocycles. The normalized spacial score (nSPS) is 27.2. The Morgan fingerprint density at radius 1 is 1.26 bits per heavy atom. The SMILES string of the molecule is CCCOc1ccccc1C1(O)CCC(OC)CC1. The van der Waals surface area contributed by atoms with E-state index < -0.39 is 5.60 Å². The minimum atomic E-state index is -0.765. The Labute approximate surface area is 115 Å². The van der Waals surface area contributed by atoms with Crippen LogP contribution in [0.25, 0.3) is 0 Å². The molecule has 2 rings (SSSR count). The van der Waals surface area contributed by atoms with Gasteiger partial charge in [-0.2, -0.15) is 0 Å². The summed E-state index contributed by atoms with van der Waals surface area (Å²) < 4.78 is 11.1. The molecule has 0 amide bonds. The lowest BCUT2D eigenvalue weighted by molar-refractivity contribution is -0.0487. The fourth-order valence-corrected chi connectivity index (χ4v) is 2.76. The van der Waals surface area contributed by atoms with E-state index in [0.29, 0.717) is 6.61 Å². The van der Waals surface area contributed by atoms with Crippen LogP contribution in [0, 0.1) is 0 Å². The van der Waals surface area contributed by atoms with Gasteiger partial charge in [0.15, 0.2) is 0 Å². The van der Waals surface area contributed by atoms with Gasteiger partial charge < -0.3 is 14.6 Å². The molecule has 3 heteroatoms. The quantitative estimate of drug-likeness (QED) is 0.887. The maximum Gasteiger partial charge on any atom is 0.125 e. The Kier molecular flexibility index (Phi) is 4.83. The fourth-order valence-electron chi connectivity index (χ4n) is 2.76. The van der Waals surface area contributed by atoms with Crippen molar-refractivity contribution in [3.05, 3.63) is 29.8 Å². The lowest BCUT2D eigenvalue weighted by Crippen LogP contribution is -2.34. The zero-order chi connectivity index (χ0) is 13.7. The molecule has 1 aliphatic carbocycles. The van der Waals surface area contributed by atoms with Crippen LogP contribution in [0.1, 0.15) is 44.6 Å². The van der Waals surface area contributed by atoms with Gasteiger partial charge in [0.1, 0.15) is 5.75 Å². The van der Waals surface area contributed by atoms with Crippen LogP contribution in [0.5, 0.6) is 5.75 Å². The topological polar surface area (TPSA) is 38.7 Å². The van der Waals surface area contributed by atoms with Crippen molar-refractivity contribution in [1.29, 1.82) is 0 Å². The van der Waals surface area contributed by atoms with Crippen LogP contribution in [-0.4, -0.2) is 24.9 Å². The average molecular weight is 264 g/mol. The molecule has 0 unspecified atom stereocenters. The smallest absolute Gasteiger partial charge is 0.125 e. The van der Waals surface area contributed by atoms with Crippen LogP contribution >= 0.6 is 0 Å². The summed E-state index contributed by atoms with van der Waals surface area (Å²) in [6, 6.07) is 7.86. The lowest BCUT2D eigenvalue weighted by atomic mass is 9.78. The largest absolute Gasteiger partial charge is 0.493 e. The van der Waals surface area contributed by atoms with Crippen molar-refractivity contribution < 1.29 is 14.6 Å². The average Bonchev–Trinajstić information content (AvgIpc) is 2.46. The Balaban J connectivity index is 2.16. The first-order chi connectivity index (χ1) is 9.19. The molecule has 0 atom stereocenters. The summed E-state index contributed by atoms with van der Waals surface area (Å²) in [5, 5.41) is 10.9. The second kappa shape index (κ2) is 6.40. The minimum absolute atomic E-state index is 0.281. The third kappa shape index (κ3) is 3.28. The number of para-hydroxylation sites is 1. The van der Waals surface area contributed by atoms with Gasteiger partial charge in [-0.15, -0.1) is 0 Å². The molecule has 0 saturated heterocycles. The summed E-state index contributed by atoms with van der Waals surface area (Å²) in [6.07, 6.45) is 4.52. The zero-order valence-corrected chi connectivity index (χ0v) is 11.9. The first kappa shape index (κ1) is 14.4. The fraction of sp³-hybridized carbons (Fsp3) is 0.625. The molecule has 1 fully saturated rings. The van der Waals surface area contributed by atoms with E-state index in [9.17, 15) is 5.11 Å². The Morgan fingerprint density at radius 3 is 2.58 bits per heavy atom. The minimum Gasteiger partial charge on any atom is -0.493 e. The lowest BCUT2D eigenvalue weighted by Gasteiger charge is -2.36. The highest BCUT2D eigenvalue weighted by Crippen LogP contribution is 2.41. The van der Waals surface area contributed by atoms with Crippen LogP contribution in [-0.2, 0) is 10.3 Å². The number of rotatable bonds is 5. The highest BCUT2D eigenvalue weighted by molar-refractivity contribution is 5.38. The van der Waals surface area contributed by atoms with Gasteiger partial charge in [-0.05, 0) is 38.2 Å². The van der Waals surface area contributed by atoms with Crippen molar-refractivity contribution in [2.75, 3.05) is 13.7 Å². The summed E-state index contributed by atoms with van der Waals surface area (Å²) >= 11 is 0. The highest BCUT2D eigenvalue weighted by Gasteiger charge is 2.36. The monoisotopic (exact) mass is 264 g/mol. The van der Waals surface area contributed by atoms with Crippen LogP contribution in [0.2, 0.25) is 0 Å². The molecule has 106 valence electrons. The summed E-state index contributed by atoms with van der Waals surface area (Å²) in [4.78, 5) is 0. The van der Waals surface area contributed by atoms with Crippen molar-refractivity contribution in [3.8, 4) is 5.75 Å². The number of aliphatic hydroxyl groups is 1. The summed E-state index contributed by atoms with van der Waals surface area (Å²) in [6.45, 7) is 2.77. The molecule has 0 aliphatic heterocycles. The van der Waals surface area contributed by atoms with Crippen molar-refractivity contribution in [3.63, 3.8) is 0 Å². The van der Waals surface area contributed by atoms with E-state index in [1.807, 2.05) is 24.3 Å². The maximum atomic E-state index is 10.9. The van der Waals surface area contributed by atoms with Crippen LogP contribution in [0.4, 0.5) is 0 Å². The molecular weight excluding hydrogens is 240 g/mol. The molecule has 19 heavy (non-hydrogen) atoms. The second-order valence-electron chi connectivity index (χ2n) is 5.31. The molecular formula is C16H24O3. The maximum absolute atomic E-state index is 10.9. The molecule has 0 aromatic heterocycles. The number of benzene rings is 1. The van der Waals surface area contributed by atoms with Crippen LogP contribution in [0.15, 0.2) is 24.3 Å². The number of methoxy groups -OCH3 is 1. The molecule has 1 aromatic rings. The van der Waals surface area contributed by atoms with Crippen LogP contribution in [0.3, 0.4) is 0 Å². The second-order valence-corrected chi connectivity index (χ2v) is 5.31. The molecule has 3 nitrogen and oxygen atoms in total. The summed E-state index contributed by atoms with van der Waals surface area (Å²) in [5.74, 6) is 0.822. The standard InChI is InChI=1S/C16H24O3/c1-3-12-19-15-7-5-4-6-14(15)16(17)10-8-13(18-2)9-11-16/h4-7,13,17H,3,8-12H2,1-2H3. The van der Waals surface area contributed by atoms with Gasteiger partial charge >= 0.3 is 0 Å². The van der Waals surface area contributed by atoms with Gasteiger partial charge in [-0.3, -0.25) is 0 Å². The van der Waals surface area contributed by atoms with Crippen molar-refractivity contribution in [1.82, 2.24) is 0 Å². The Morgan fingerprint density at radius 2 is 1.95 bits per heavy atom. The van der Waals surface area contributed by atoms with E-state index in [0.717, 1.165) is 43.4 Å². The summed E-state index contributed by atoms with van der Waals surface area (Å²) in [5.41, 5.74) is 0.164. The van der Waals surface area contributed by atoms with Crippen molar-refractivity contribution >= 4 is 0 Å². The third-order valence-corrected chi connectivity index (χ3v) is 3.94.